The van der Waals surface area contributed by atoms with Crippen molar-refractivity contribution in [3.8, 4) is 0 Å². The van der Waals surface area contributed by atoms with E-state index in [9.17, 15) is 9.59 Å². The Kier molecular flexibility index (Phi) is 4.56. The van der Waals surface area contributed by atoms with E-state index in [1.165, 1.54) is 12.1 Å². The molecule has 2 aromatic carbocycles. The van der Waals surface area contributed by atoms with Gasteiger partial charge in [0.15, 0.2) is 0 Å². The average Bonchev–Trinajstić information content (AvgIpc) is 2.48. The van der Waals surface area contributed by atoms with Crippen LogP contribution in [0.4, 0.5) is 16.2 Å². The standard InChI is InChI=1S/C16H16N2O3/c1-2-11-5-3-4-6-14(11)18-16(21)17-13-9-7-12(8-10-13)15(19)20/h3-10H,2H2,1H3,(H,19,20)(H2,17,18,21). The summed E-state index contributed by atoms with van der Waals surface area (Å²) >= 11 is 0. The molecule has 0 heterocycles. The van der Waals surface area contributed by atoms with Crippen molar-refractivity contribution in [3.63, 3.8) is 0 Å². The maximum atomic E-state index is 11.9. The number of carbonyl (C=O) groups is 2. The Hall–Kier alpha value is -2.82. The molecule has 2 rings (SSSR count). The zero-order valence-electron chi connectivity index (χ0n) is 11.6. The molecule has 2 amide bonds. The second kappa shape index (κ2) is 6.56. The van der Waals surface area contributed by atoms with Crippen molar-refractivity contribution in [2.24, 2.45) is 0 Å². The van der Waals surface area contributed by atoms with Crippen molar-refractivity contribution in [2.45, 2.75) is 13.3 Å². The van der Waals surface area contributed by atoms with Crippen molar-refractivity contribution in [1.29, 1.82) is 0 Å². The molecule has 0 aliphatic heterocycles. The second-order valence-corrected chi connectivity index (χ2v) is 4.47. The van der Waals surface area contributed by atoms with Gasteiger partial charge >= 0.3 is 12.0 Å². The van der Waals surface area contributed by atoms with Gasteiger partial charge in [-0.2, -0.15) is 0 Å². The first-order valence-electron chi connectivity index (χ1n) is 6.59. The lowest BCUT2D eigenvalue weighted by molar-refractivity contribution is 0.0697. The van der Waals surface area contributed by atoms with E-state index >= 15 is 0 Å². The summed E-state index contributed by atoms with van der Waals surface area (Å²) in [7, 11) is 0. The summed E-state index contributed by atoms with van der Waals surface area (Å²) in [6, 6.07) is 13.2. The quantitative estimate of drug-likeness (QED) is 0.802. The third-order valence-corrected chi connectivity index (χ3v) is 3.04. The predicted octanol–water partition coefficient (Wildman–Crippen LogP) is 3.59. The van der Waals surface area contributed by atoms with Crippen molar-refractivity contribution < 1.29 is 14.7 Å². The Balaban J connectivity index is 2.03. The Morgan fingerprint density at radius 3 is 2.29 bits per heavy atom. The number of nitrogens with one attached hydrogen (secondary N) is 2. The van der Waals surface area contributed by atoms with Gasteiger partial charge in [-0.1, -0.05) is 25.1 Å². The lowest BCUT2D eigenvalue weighted by Crippen LogP contribution is -2.20. The van der Waals surface area contributed by atoms with Gasteiger partial charge in [0.05, 0.1) is 5.56 Å². The SMILES string of the molecule is CCc1ccccc1NC(=O)Nc1ccc(C(=O)O)cc1. The highest BCUT2D eigenvalue weighted by molar-refractivity contribution is 6.00. The summed E-state index contributed by atoms with van der Waals surface area (Å²) in [6.07, 6.45) is 0.823. The molecule has 0 aromatic heterocycles. The van der Waals surface area contributed by atoms with Crippen LogP contribution in [-0.2, 0) is 6.42 Å². The maximum Gasteiger partial charge on any atom is 0.335 e. The largest absolute Gasteiger partial charge is 0.478 e. The molecule has 0 unspecified atom stereocenters. The molecule has 21 heavy (non-hydrogen) atoms. The summed E-state index contributed by atoms with van der Waals surface area (Å²) in [5.74, 6) is -0.997. The third kappa shape index (κ3) is 3.82. The smallest absolute Gasteiger partial charge is 0.335 e. The number of hydrogen-bond donors (Lipinski definition) is 3. The van der Waals surface area contributed by atoms with Gasteiger partial charge in [0, 0.05) is 11.4 Å². The topological polar surface area (TPSA) is 78.4 Å². The van der Waals surface area contributed by atoms with E-state index in [2.05, 4.69) is 10.6 Å². The van der Waals surface area contributed by atoms with E-state index in [0.29, 0.717) is 5.69 Å². The molecule has 108 valence electrons. The van der Waals surface area contributed by atoms with E-state index in [1.807, 2.05) is 31.2 Å². The fourth-order valence-corrected chi connectivity index (χ4v) is 1.93. The molecular weight excluding hydrogens is 268 g/mol. The molecule has 2 aromatic rings. The summed E-state index contributed by atoms with van der Waals surface area (Å²) in [5.41, 5.74) is 2.53. The summed E-state index contributed by atoms with van der Waals surface area (Å²) < 4.78 is 0. The number of aromatic carboxylic acids is 1. The Morgan fingerprint density at radius 2 is 1.67 bits per heavy atom. The van der Waals surface area contributed by atoms with Crippen LogP contribution >= 0.6 is 0 Å². The van der Waals surface area contributed by atoms with Gasteiger partial charge in [0.1, 0.15) is 0 Å². The minimum atomic E-state index is -0.997. The number of hydrogen-bond acceptors (Lipinski definition) is 2. The number of benzene rings is 2. The number of carboxylic acids is 1. The zero-order valence-corrected chi connectivity index (χ0v) is 11.6. The number of amides is 2. The highest BCUT2D eigenvalue weighted by atomic mass is 16.4. The number of aryl methyl sites for hydroxylation is 1. The number of anilines is 2. The molecule has 0 radical (unpaired) electrons. The van der Waals surface area contributed by atoms with E-state index < -0.39 is 5.97 Å². The zero-order chi connectivity index (χ0) is 15.2. The lowest BCUT2D eigenvalue weighted by atomic mass is 10.1. The maximum absolute atomic E-state index is 11.9. The summed E-state index contributed by atoms with van der Waals surface area (Å²) in [5, 5.41) is 14.3. The first-order valence-corrected chi connectivity index (χ1v) is 6.59. The Labute approximate surface area is 122 Å². The fourth-order valence-electron chi connectivity index (χ4n) is 1.93. The fraction of sp³-hybridized carbons (Fsp3) is 0.125. The minimum Gasteiger partial charge on any atom is -0.478 e. The van der Waals surface area contributed by atoms with E-state index in [-0.39, 0.29) is 11.6 Å². The molecule has 0 atom stereocenters. The summed E-state index contributed by atoms with van der Waals surface area (Å²) in [4.78, 5) is 22.7. The molecule has 0 aliphatic rings. The third-order valence-electron chi connectivity index (χ3n) is 3.04. The number of rotatable bonds is 4. The van der Waals surface area contributed by atoms with Crippen LogP contribution in [0.1, 0.15) is 22.8 Å². The van der Waals surface area contributed by atoms with Crippen LogP contribution in [0.3, 0.4) is 0 Å². The van der Waals surface area contributed by atoms with Crippen molar-refractivity contribution >= 4 is 23.4 Å². The lowest BCUT2D eigenvalue weighted by Gasteiger charge is -2.11. The van der Waals surface area contributed by atoms with Gasteiger partial charge in [-0.15, -0.1) is 0 Å². The number of carboxylic acid groups (broad SMARTS) is 1. The molecule has 0 saturated heterocycles. The molecule has 5 heteroatoms. The van der Waals surface area contributed by atoms with Crippen LogP contribution in [-0.4, -0.2) is 17.1 Å². The first kappa shape index (κ1) is 14.6. The number of carbonyl (C=O) groups excluding carboxylic acids is 1. The van der Waals surface area contributed by atoms with E-state index in [0.717, 1.165) is 17.7 Å². The average molecular weight is 284 g/mol. The van der Waals surface area contributed by atoms with Crippen LogP contribution < -0.4 is 10.6 Å². The first-order chi connectivity index (χ1) is 10.1. The van der Waals surface area contributed by atoms with Crippen molar-refractivity contribution in [2.75, 3.05) is 10.6 Å². The van der Waals surface area contributed by atoms with Gasteiger partial charge in [-0.3, -0.25) is 0 Å². The molecule has 5 nitrogen and oxygen atoms in total. The van der Waals surface area contributed by atoms with Crippen LogP contribution in [0.15, 0.2) is 48.5 Å². The Bertz CT molecular complexity index is 651. The molecule has 0 fully saturated rings. The highest BCUT2D eigenvalue weighted by Crippen LogP contribution is 2.16. The second-order valence-electron chi connectivity index (χ2n) is 4.47. The van der Waals surface area contributed by atoms with E-state index in [1.54, 1.807) is 12.1 Å². The summed E-state index contributed by atoms with van der Waals surface area (Å²) in [6.45, 7) is 2.02. The highest BCUT2D eigenvalue weighted by Gasteiger charge is 2.07. The molecule has 0 aliphatic carbocycles. The molecular formula is C16H16N2O3. The van der Waals surface area contributed by atoms with Gasteiger partial charge in [0.2, 0.25) is 0 Å². The van der Waals surface area contributed by atoms with Crippen LogP contribution in [0.25, 0.3) is 0 Å². The Morgan fingerprint density at radius 1 is 1.00 bits per heavy atom. The minimum absolute atomic E-state index is 0.178. The van der Waals surface area contributed by atoms with Gasteiger partial charge in [0.25, 0.3) is 0 Å². The van der Waals surface area contributed by atoms with Crippen LogP contribution in [0.5, 0.6) is 0 Å². The van der Waals surface area contributed by atoms with Crippen LogP contribution in [0.2, 0.25) is 0 Å². The van der Waals surface area contributed by atoms with Gasteiger partial charge in [-0.05, 0) is 42.3 Å². The molecule has 0 saturated carbocycles. The predicted molar refractivity (Wildman–Crippen MR) is 81.9 cm³/mol. The van der Waals surface area contributed by atoms with Crippen LogP contribution in [0, 0.1) is 0 Å². The van der Waals surface area contributed by atoms with E-state index in [4.69, 9.17) is 5.11 Å². The molecule has 3 N–H and O–H groups in total. The van der Waals surface area contributed by atoms with Gasteiger partial charge in [-0.25, -0.2) is 9.59 Å². The monoisotopic (exact) mass is 284 g/mol. The normalized spacial score (nSPS) is 9.95. The number of urea groups is 1. The van der Waals surface area contributed by atoms with Crippen molar-refractivity contribution in [1.82, 2.24) is 0 Å². The van der Waals surface area contributed by atoms with Gasteiger partial charge < -0.3 is 15.7 Å². The van der Waals surface area contributed by atoms with Crippen molar-refractivity contribution in [3.05, 3.63) is 59.7 Å². The molecule has 0 bridgehead atoms. The molecule has 0 spiro atoms. The number of para-hydroxylation sites is 1.